The Morgan fingerprint density at radius 3 is 1.11 bits per heavy atom. The molecule has 0 saturated carbocycles. The van der Waals surface area contributed by atoms with Gasteiger partial charge in [-0.05, 0) is 0 Å². The Balaban J connectivity index is -0.0000000800. The predicted octanol–water partition coefficient (Wildman–Crippen LogP) is -2.34. The maximum absolute atomic E-state index is 8.52. The Kier molecular flexibility index (Phi) is 16.4. The van der Waals surface area contributed by atoms with E-state index in [0.29, 0.717) is 0 Å². The van der Waals surface area contributed by atoms with Crippen LogP contribution in [0.25, 0.3) is 0 Å². The third kappa shape index (κ3) is 482. The van der Waals surface area contributed by atoms with Crippen molar-refractivity contribution in [1.82, 2.24) is 0 Å². The zero-order valence-electron chi connectivity index (χ0n) is 4.06. The molecule has 0 rings (SSSR count). The van der Waals surface area contributed by atoms with Crippen LogP contribution in [0.15, 0.2) is 0 Å². The minimum Gasteiger partial charge on any atom is -0.759 e. The summed E-state index contributed by atoms with van der Waals surface area (Å²) in [6.45, 7) is 0. The van der Waals surface area contributed by atoms with E-state index in [1.807, 2.05) is 0 Å². The summed E-state index contributed by atoms with van der Waals surface area (Å²) in [6.07, 6.45) is 0. The molecule has 0 saturated heterocycles. The molecule has 0 amide bonds. The van der Waals surface area contributed by atoms with E-state index in [4.69, 9.17) is 26.4 Å². The van der Waals surface area contributed by atoms with E-state index in [9.17, 15) is 0 Å². The molecule has 0 bridgehead atoms. The molecular weight excluding hydrogens is 196 g/mol. The van der Waals surface area contributed by atoms with Crippen LogP contribution in [0.2, 0.25) is 0 Å². The summed E-state index contributed by atoms with van der Waals surface area (Å²) in [5, 5.41) is 0. The first-order chi connectivity index (χ1) is 3.41. The molecule has 0 unspecified atom stereocenters. The Morgan fingerprint density at radius 1 is 1.11 bits per heavy atom. The van der Waals surface area contributed by atoms with E-state index in [1.165, 1.54) is 0 Å². The fourth-order valence-electron chi connectivity index (χ4n) is 0. The largest absolute Gasteiger partial charge is 2.00 e. The topological polar surface area (TPSA) is 114 Å². The summed E-state index contributed by atoms with van der Waals surface area (Å²) in [4.78, 5) is 0. The molecule has 48 valence electrons. The Bertz CT molecular complexity index is 153. The molecule has 0 spiro atoms. The van der Waals surface area contributed by atoms with Crippen LogP contribution in [0, 0.1) is 0 Å². The Hall–Kier alpha value is 0.947. The first-order valence-corrected chi connectivity index (χ1v) is 3.22. The average Bonchev–Trinajstić information content (AvgIpc) is 1.27. The van der Waals surface area contributed by atoms with Gasteiger partial charge < -0.3 is 9.11 Å². The third-order valence-electron chi connectivity index (χ3n) is 0. The van der Waals surface area contributed by atoms with Crippen molar-refractivity contribution < 1.29 is 26.4 Å². The molecule has 0 radical (unpaired) electrons. The van der Waals surface area contributed by atoms with Crippen molar-refractivity contribution in [3.63, 3.8) is 0 Å². The summed E-state index contributed by atoms with van der Waals surface area (Å²) in [5.74, 6) is 0. The van der Waals surface area contributed by atoms with Crippen molar-refractivity contribution in [2.75, 3.05) is 0 Å². The summed E-state index contributed by atoms with van der Waals surface area (Å²) in [6, 6.07) is 0. The molecule has 0 aromatic heterocycles. The van der Waals surface area contributed by atoms with E-state index in [0.717, 1.165) is 0 Å². The fourth-order valence-corrected chi connectivity index (χ4v) is 0. The third-order valence-corrected chi connectivity index (χ3v) is 0. The molecule has 0 aromatic carbocycles. The Morgan fingerprint density at radius 2 is 1.11 bits per heavy atom. The first-order valence-electron chi connectivity index (χ1n) is 1.07. The van der Waals surface area contributed by atoms with E-state index in [-0.39, 0.29) is 37.7 Å². The maximum Gasteiger partial charge on any atom is 2.00 e. The summed E-state index contributed by atoms with van der Waals surface area (Å²) < 4.78 is 50.9. The maximum atomic E-state index is 8.52. The van der Waals surface area contributed by atoms with Gasteiger partial charge in [-0.15, -0.1) is 0 Å². The predicted molar refractivity (Wildman–Crippen MR) is 23.4 cm³/mol. The summed E-state index contributed by atoms with van der Waals surface area (Å²) in [5.41, 5.74) is 0. The number of rotatable bonds is 0. The van der Waals surface area contributed by atoms with Gasteiger partial charge in [-0.25, -0.2) is 0 Å². The molecule has 0 N–H and O–H groups in total. The molecule has 0 fully saturated rings. The normalized spacial score (nSPS) is 7.33. The molecule has 0 heterocycles. The van der Waals surface area contributed by atoms with Gasteiger partial charge in [0.1, 0.15) is 0 Å². The Labute approximate surface area is 83.2 Å². The van der Waals surface area contributed by atoms with Gasteiger partial charge in [0.05, 0.1) is 0 Å². The minimum absolute atomic E-state index is 0. The van der Waals surface area contributed by atoms with Crippen LogP contribution < -0.4 is 0 Å². The van der Waals surface area contributed by atoms with Crippen LogP contribution in [-0.2, 0) is 19.3 Å². The van der Waals surface area contributed by atoms with E-state index < -0.39 is 19.7 Å². The van der Waals surface area contributed by atoms with Gasteiger partial charge in [0, 0.05) is 10.4 Å². The second kappa shape index (κ2) is 8.95. The molecule has 0 aromatic rings. The number of hydrogen-bond acceptors (Lipinski definition) is 6. The molecule has 0 atom stereocenters. The molecule has 6 nitrogen and oxygen atoms in total. The van der Waals surface area contributed by atoms with Crippen molar-refractivity contribution in [3.05, 3.63) is 0 Å². The van der Waals surface area contributed by atoms with E-state index >= 15 is 0 Å². The first kappa shape index (κ1) is 16.5. The van der Waals surface area contributed by atoms with Crippen LogP contribution in [0.5, 0.6) is 0 Å². The van der Waals surface area contributed by atoms with Crippen LogP contribution in [-0.4, -0.2) is 64.6 Å². The smallest absolute Gasteiger partial charge is 0.759 e. The van der Waals surface area contributed by atoms with Crippen LogP contribution in [0.1, 0.15) is 0 Å². The average molecular weight is 196 g/mol. The molecule has 0 aliphatic rings. The quantitative estimate of drug-likeness (QED) is 0.243. The fraction of sp³-hybridized carbons (Fsp3) is 0. The van der Waals surface area contributed by atoms with Gasteiger partial charge in [-0.3, -0.25) is 17.3 Å². The summed E-state index contributed by atoms with van der Waals surface area (Å²) in [7, 11) is -6.58. The SMILES string of the molecule is O=S(=O)([O-])[O-].O=[Si]=O.[Ca+2]. The molecular formula is CaO6SSi. The zero-order valence-corrected chi connectivity index (χ0v) is 8.09. The van der Waals surface area contributed by atoms with Crippen LogP contribution in [0.3, 0.4) is 0 Å². The van der Waals surface area contributed by atoms with Crippen LogP contribution in [0.4, 0.5) is 0 Å². The standard InChI is InChI=1S/Ca.H2O4S.O2Si/c;1-5(2,3)4;1-3-2/h;(H2,1,2,3,4);/q+2;;/p-2. The zero-order chi connectivity index (χ0) is 7.21. The minimum atomic E-state index is -5.17. The van der Waals surface area contributed by atoms with Gasteiger partial charge in [0.25, 0.3) is 0 Å². The van der Waals surface area contributed by atoms with Gasteiger partial charge in [-0.1, -0.05) is 0 Å². The van der Waals surface area contributed by atoms with Crippen molar-refractivity contribution >= 4 is 57.4 Å². The second-order valence-electron chi connectivity index (χ2n) is 0.492. The van der Waals surface area contributed by atoms with Crippen molar-refractivity contribution in [2.24, 2.45) is 0 Å². The van der Waals surface area contributed by atoms with E-state index in [1.54, 1.807) is 0 Å². The second-order valence-corrected chi connectivity index (χ2v) is 1.47. The van der Waals surface area contributed by atoms with Crippen molar-refractivity contribution in [3.8, 4) is 0 Å². The van der Waals surface area contributed by atoms with Crippen molar-refractivity contribution in [2.45, 2.75) is 0 Å². The molecule has 0 aliphatic heterocycles. The van der Waals surface area contributed by atoms with Crippen molar-refractivity contribution in [1.29, 1.82) is 0 Å². The van der Waals surface area contributed by atoms with Crippen LogP contribution >= 0.6 is 0 Å². The number of hydrogen-bond donors (Lipinski definition) is 0. The van der Waals surface area contributed by atoms with Gasteiger partial charge in [-0.2, -0.15) is 0 Å². The molecule has 0 aliphatic carbocycles. The summed E-state index contributed by atoms with van der Waals surface area (Å²) >= 11 is 0. The monoisotopic (exact) mass is 196 g/mol. The van der Waals surface area contributed by atoms with E-state index in [2.05, 4.69) is 0 Å². The van der Waals surface area contributed by atoms with Gasteiger partial charge in [0.15, 0.2) is 0 Å². The van der Waals surface area contributed by atoms with Gasteiger partial charge >= 0.3 is 47.0 Å². The molecule has 9 heteroatoms. The van der Waals surface area contributed by atoms with Gasteiger partial charge in [0.2, 0.25) is 0 Å². The molecule has 9 heavy (non-hydrogen) atoms.